The second-order valence-electron chi connectivity index (χ2n) is 5.76. The van der Waals surface area contributed by atoms with Crippen LogP contribution in [0.1, 0.15) is 44.9 Å². The van der Waals surface area contributed by atoms with E-state index in [1.165, 1.54) is 44.9 Å². The highest BCUT2D eigenvalue weighted by Gasteiger charge is 2.41. The Morgan fingerprint density at radius 3 is 2.60 bits per heavy atom. The van der Waals surface area contributed by atoms with E-state index in [1.54, 1.807) is 0 Å². The Morgan fingerprint density at radius 1 is 1.00 bits per heavy atom. The van der Waals surface area contributed by atoms with Crippen molar-refractivity contribution in [3.63, 3.8) is 0 Å². The largest absolute Gasteiger partial charge is 0.310 e. The van der Waals surface area contributed by atoms with Crippen LogP contribution < -0.4 is 5.32 Å². The second kappa shape index (κ2) is 4.29. The van der Waals surface area contributed by atoms with E-state index >= 15 is 0 Å². The molecule has 86 valence electrons. The molecule has 3 aliphatic carbocycles. The van der Waals surface area contributed by atoms with E-state index < -0.39 is 0 Å². The first-order valence-corrected chi connectivity index (χ1v) is 7.94. The molecule has 5 atom stereocenters. The van der Waals surface area contributed by atoms with Gasteiger partial charge in [0.25, 0.3) is 0 Å². The van der Waals surface area contributed by atoms with E-state index in [2.05, 4.69) is 23.3 Å². The molecule has 3 saturated carbocycles. The quantitative estimate of drug-likeness (QED) is 0.792. The van der Waals surface area contributed by atoms with Gasteiger partial charge in [-0.1, -0.05) is 12.8 Å². The topological polar surface area (TPSA) is 12.0 Å². The predicted octanol–water partition coefficient (Wildman–Crippen LogP) is 3.05. The smallest absolute Gasteiger partial charge is 0.0198 e. The highest BCUT2D eigenvalue weighted by atomic mass is 32.2. The van der Waals surface area contributed by atoms with Gasteiger partial charge in [-0.25, -0.2) is 0 Å². The molecule has 0 aromatic rings. The Bertz CT molecular complexity index is 227. The number of hydrogen-bond acceptors (Lipinski definition) is 2. The zero-order valence-electron chi connectivity index (χ0n) is 9.74. The summed E-state index contributed by atoms with van der Waals surface area (Å²) in [5.41, 5.74) is 0. The summed E-state index contributed by atoms with van der Waals surface area (Å²) in [6, 6.07) is 1.73. The van der Waals surface area contributed by atoms with Crippen molar-refractivity contribution in [2.24, 2.45) is 11.8 Å². The number of thioether (sulfide) groups is 1. The van der Waals surface area contributed by atoms with E-state index in [0.29, 0.717) is 0 Å². The Morgan fingerprint density at radius 2 is 1.93 bits per heavy atom. The van der Waals surface area contributed by atoms with Gasteiger partial charge in [-0.3, -0.25) is 0 Å². The monoisotopic (exact) mass is 225 g/mol. The number of fused-ring (bicyclic) bond motifs is 2. The first-order valence-electron chi connectivity index (χ1n) is 6.65. The van der Waals surface area contributed by atoms with Crippen molar-refractivity contribution < 1.29 is 0 Å². The molecule has 0 aliphatic heterocycles. The molecule has 15 heavy (non-hydrogen) atoms. The Labute approximate surface area is 97.8 Å². The van der Waals surface area contributed by atoms with Crippen LogP contribution in [0.2, 0.25) is 0 Å². The van der Waals surface area contributed by atoms with E-state index in [0.717, 1.165) is 29.2 Å². The second-order valence-corrected chi connectivity index (χ2v) is 6.84. The molecule has 0 heterocycles. The molecule has 0 aromatic heterocycles. The lowest BCUT2D eigenvalue weighted by atomic mass is 9.94. The maximum absolute atomic E-state index is 3.99. The average molecular weight is 225 g/mol. The summed E-state index contributed by atoms with van der Waals surface area (Å²) in [5, 5.41) is 4.90. The van der Waals surface area contributed by atoms with Gasteiger partial charge in [0.2, 0.25) is 0 Å². The van der Waals surface area contributed by atoms with Gasteiger partial charge in [0, 0.05) is 17.3 Å². The zero-order chi connectivity index (χ0) is 10.3. The fraction of sp³-hybridized carbons (Fsp3) is 1.00. The summed E-state index contributed by atoms with van der Waals surface area (Å²) in [6.45, 7) is 0. The molecule has 2 heteroatoms. The molecule has 0 spiro atoms. The van der Waals surface area contributed by atoms with Gasteiger partial charge >= 0.3 is 0 Å². The van der Waals surface area contributed by atoms with Crippen LogP contribution in [0, 0.1) is 11.8 Å². The molecular formula is C13H23NS. The molecular weight excluding hydrogens is 202 g/mol. The molecule has 2 bridgehead atoms. The molecule has 1 nitrogen and oxygen atoms in total. The number of nitrogens with one attached hydrogen (secondary N) is 1. The van der Waals surface area contributed by atoms with Gasteiger partial charge < -0.3 is 5.32 Å². The summed E-state index contributed by atoms with van der Waals surface area (Å²) in [4.78, 5) is 0. The van der Waals surface area contributed by atoms with Crippen molar-refractivity contribution in [3.8, 4) is 0 Å². The standard InChI is InChI=1S/C13H23NS/c1-15-13-4-2-3-11(13)14-12-8-9-5-6-10(12)7-9/h9-14H,2-8H2,1H3. The SMILES string of the molecule is CSC1CCCC1NC1CC2CCC1C2. The minimum Gasteiger partial charge on any atom is -0.310 e. The van der Waals surface area contributed by atoms with Gasteiger partial charge in [-0.05, 0) is 50.2 Å². The summed E-state index contributed by atoms with van der Waals surface area (Å²) in [7, 11) is 0. The molecule has 5 unspecified atom stereocenters. The van der Waals surface area contributed by atoms with Crippen LogP contribution in [0.3, 0.4) is 0 Å². The molecule has 0 amide bonds. The van der Waals surface area contributed by atoms with Crippen LogP contribution in [0.25, 0.3) is 0 Å². The first-order chi connectivity index (χ1) is 7.36. The van der Waals surface area contributed by atoms with Crippen LogP contribution >= 0.6 is 11.8 Å². The zero-order valence-corrected chi connectivity index (χ0v) is 10.6. The fourth-order valence-corrected chi connectivity index (χ4v) is 5.07. The van der Waals surface area contributed by atoms with Crippen LogP contribution in [0.4, 0.5) is 0 Å². The number of hydrogen-bond donors (Lipinski definition) is 1. The molecule has 3 rings (SSSR count). The average Bonchev–Trinajstić information content (AvgIpc) is 2.92. The van der Waals surface area contributed by atoms with E-state index in [4.69, 9.17) is 0 Å². The number of rotatable bonds is 3. The molecule has 3 fully saturated rings. The minimum atomic E-state index is 0.837. The minimum absolute atomic E-state index is 0.837. The third-order valence-electron chi connectivity index (χ3n) is 4.92. The van der Waals surface area contributed by atoms with Gasteiger partial charge in [-0.15, -0.1) is 0 Å². The van der Waals surface area contributed by atoms with Gasteiger partial charge in [0.05, 0.1) is 0 Å². The summed E-state index contributed by atoms with van der Waals surface area (Å²) in [5.74, 6) is 2.12. The van der Waals surface area contributed by atoms with Gasteiger partial charge in [0.1, 0.15) is 0 Å². The first kappa shape index (κ1) is 10.5. The summed E-state index contributed by atoms with van der Waals surface area (Å²) >= 11 is 2.08. The molecule has 1 N–H and O–H groups in total. The Hall–Kier alpha value is 0.310. The van der Waals surface area contributed by atoms with Crippen molar-refractivity contribution in [1.29, 1.82) is 0 Å². The lowest BCUT2D eigenvalue weighted by Gasteiger charge is -2.29. The van der Waals surface area contributed by atoms with Crippen molar-refractivity contribution in [2.45, 2.75) is 62.3 Å². The van der Waals surface area contributed by atoms with E-state index in [9.17, 15) is 0 Å². The van der Waals surface area contributed by atoms with Crippen molar-refractivity contribution in [3.05, 3.63) is 0 Å². The van der Waals surface area contributed by atoms with Crippen molar-refractivity contribution in [1.82, 2.24) is 5.32 Å². The van der Waals surface area contributed by atoms with Crippen molar-refractivity contribution in [2.75, 3.05) is 6.26 Å². The van der Waals surface area contributed by atoms with Crippen LogP contribution in [0.5, 0.6) is 0 Å². The maximum atomic E-state index is 3.99. The summed E-state index contributed by atoms with van der Waals surface area (Å²) in [6.07, 6.45) is 12.7. The molecule has 0 radical (unpaired) electrons. The maximum Gasteiger partial charge on any atom is 0.0198 e. The fourth-order valence-electron chi connectivity index (χ4n) is 4.12. The highest BCUT2D eigenvalue weighted by Crippen LogP contribution is 2.45. The molecule has 0 aromatic carbocycles. The van der Waals surface area contributed by atoms with Gasteiger partial charge in [0.15, 0.2) is 0 Å². The van der Waals surface area contributed by atoms with E-state index in [1.807, 2.05) is 0 Å². The lowest BCUT2D eigenvalue weighted by molar-refractivity contribution is 0.320. The predicted molar refractivity (Wildman–Crippen MR) is 67.3 cm³/mol. The van der Waals surface area contributed by atoms with Crippen LogP contribution in [-0.4, -0.2) is 23.6 Å². The highest BCUT2D eigenvalue weighted by molar-refractivity contribution is 7.99. The third-order valence-corrected chi connectivity index (χ3v) is 6.09. The molecule has 0 saturated heterocycles. The van der Waals surface area contributed by atoms with Crippen molar-refractivity contribution >= 4 is 11.8 Å². The Balaban J connectivity index is 1.56. The van der Waals surface area contributed by atoms with Crippen LogP contribution in [-0.2, 0) is 0 Å². The van der Waals surface area contributed by atoms with E-state index in [-0.39, 0.29) is 0 Å². The Kier molecular flexibility index (Phi) is 2.99. The van der Waals surface area contributed by atoms with Crippen LogP contribution in [0.15, 0.2) is 0 Å². The third kappa shape index (κ3) is 1.95. The summed E-state index contributed by atoms with van der Waals surface area (Å²) < 4.78 is 0. The van der Waals surface area contributed by atoms with Gasteiger partial charge in [-0.2, -0.15) is 11.8 Å². The lowest BCUT2D eigenvalue weighted by Crippen LogP contribution is -2.44. The molecule has 3 aliphatic rings. The normalized spacial score (nSPS) is 49.0.